The highest BCUT2D eigenvalue weighted by molar-refractivity contribution is 5.78. The number of carbonyl (C=O) groups is 1. The topological polar surface area (TPSA) is 84.0 Å². The Morgan fingerprint density at radius 3 is 1.32 bits per heavy atom. The van der Waals surface area contributed by atoms with Gasteiger partial charge < -0.3 is 31.1 Å². The van der Waals surface area contributed by atoms with Crippen molar-refractivity contribution in [1.29, 1.82) is 0 Å². The monoisotopic (exact) mass is 365 g/mol. The normalized spacial score (nSPS) is 6.92. The molecular weight excluding hydrogens is 318 g/mol. The molecule has 0 aliphatic carbocycles. The van der Waals surface area contributed by atoms with Gasteiger partial charge in [-0.15, -0.1) is 0 Å². The van der Waals surface area contributed by atoms with Crippen LogP contribution < -0.4 is 21.3 Å². The van der Waals surface area contributed by atoms with Crippen molar-refractivity contribution in [2.45, 2.75) is 29.2 Å². The highest BCUT2D eigenvalue weighted by atomic mass is 16.2. The number of hydrogen-bond donors (Lipinski definition) is 4. The average Bonchev–Trinajstić information content (AvgIpc) is 2.55. The van der Waals surface area contributed by atoms with Gasteiger partial charge in [-0.05, 0) is 6.92 Å². The molecule has 0 unspecified atom stereocenters. The lowest BCUT2D eigenvalue weighted by Gasteiger charge is -2.19. The Morgan fingerprint density at radius 2 is 1.28 bits per heavy atom. The van der Waals surface area contributed by atoms with Crippen LogP contribution in [0, 0.1) is 0 Å². The summed E-state index contributed by atoms with van der Waals surface area (Å²) in [6.45, 7) is 6.28. The van der Waals surface area contributed by atoms with Gasteiger partial charge in [0.05, 0.1) is 5.82 Å². The van der Waals surface area contributed by atoms with Gasteiger partial charge in [0.2, 0.25) is 0 Å². The second kappa shape index (κ2) is 26.8. The zero-order valence-electron chi connectivity index (χ0n) is 15.7. The summed E-state index contributed by atoms with van der Waals surface area (Å²) in [5.41, 5.74) is 0. The molecule has 0 atom stereocenters. The van der Waals surface area contributed by atoms with Crippen molar-refractivity contribution in [2.24, 2.45) is 4.99 Å². The van der Waals surface area contributed by atoms with E-state index in [0.717, 1.165) is 18.3 Å². The summed E-state index contributed by atoms with van der Waals surface area (Å²) in [5, 5.41) is 11.3. The maximum absolute atomic E-state index is 10.9. The summed E-state index contributed by atoms with van der Waals surface area (Å²) in [6.07, 6.45) is 0. The summed E-state index contributed by atoms with van der Waals surface area (Å²) in [6, 6.07) is 0.0532. The highest BCUT2D eigenvalue weighted by Crippen LogP contribution is 1.87. The first kappa shape index (κ1) is 38.4. The highest BCUT2D eigenvalue weighted by Gasteiger charge is 2.06. The van der Waals surface area contributed by atoms with E-state index in [-0.39, 0.29) is 28.3 Å². The number of urea groups is 1. The fourth-order valence-corrected chi connectivity index (χ4v) is 0.950. The number of carbonyl (C=O) groups excluding carboxylic acids is 1. The van der Waals surface area contributed by atoms with E-state index in [1.54, 1.807) is 38.0 Å². The van der Waals surface area contributed by atoms with Crippen molar-refractivity contribution in [1.82, 2.24) is 31.1 Å². The molecule has 0 aliphatic rings. The molecule has 2 amide bonds. The molecule has 0 aromatic carbocycles. The van der Waals surface area contributed by atoms with Gasteiger partial charge in [0.25, 0.3) is 0 Å². The third-order valence-electron chi connectivity index (χ3n) is 2.48. The second-order valence-electron chi connectivity index (χ2n) is 4.24. The van der Waals surface area contributed by atoms with Gasteiger partial charge in [0, 0.05) is 62.9 Å². The zero-order valence-corrected chi connectivity index (χ0v) is 15.7. The molecule has 0 aromatic heterocycles. The van der Waals surface area contributed by atoms with Crippen LogP contribution in [0.2, 0.25) is 0 Å². The SMILES string of the molecule is C.C.C.C=C(NC)NC.CCN(C)C(=O)N(C)C.CN=C(NC)NC. The van der Waals surface area contributed by atoms with Crippen LogP contribution in [0.25, 0.3) is 0 Å². The van der Waals surface area contributed by atoms with E-state index in [9.17, 15) is 4.79 Å². The Labute approximate surface area is 158 Å². The molecule has 0 aliphatic heterocycles. The van der Waals surface area contributed by atoms with Crippen LogP contribution in [0.5, 0.6) is 0 Å². The van der Waals surface area contributed by atoms with Gasteiger partial charge in [0.1, 0.15) is 0 Å². The minimum atomic E-state index is 0. The average molecular weight is 366 g/mol. The van der Waals surface area contributed by atoms with Crippen LogP contribution in [0.4, 0.5) is 4.79 Å². The van der Waals surface area contributed by atoms with Crippen molar-refractivity contribution in [3.63, 3.8) is 0 Å². The van der Waals surface area contributed by atoms with Gasteiger partial charge in [-0.2, -0.15) is 0 Å². The zero-order chi connectivity index (χ0) is 18.1. The van der Waals surface area contributed by atoms with E-state index in [0.29, 0.717) is 0 Å². The van der Waals surface area contributed by atoms with Crippen molar-refractivity contribution in [3.05, 3.63) is 12.4 Å². The Hall–Kier alpha value is -2.12. The summed E-state index contributed by atoms with van der Waals surface area (Å²) >= 11 is 0. The lowest BCUT2D eigenvalue weighted by atomic mass is 10.6. The largest absolute Gasteiger partial charge is 0.375 e. The predicted molar refractivity (Wildman–Crippen MR) is 116 cm³/mol. The van der Waals surface area contributed by atoms with E-state index < -0.39 is 0 Å². The predicted octanol–water partition coefficient (Wildman–Crippen LogP) is 1.84. The van der Waals surface area contributed by atoms with Crippen molar-refractivity contribution in [3.8, 4) is 0 Å². The number of nitrogens with zero attached hydrogens (tertiary/aromatic N) is 3. The van der Waals surface area contributed by atoms with Gasteiger partial charge in [-0.3, -0.25) is 4.99 Å². The first-order valence-electron chi connectivity index (χ1n) is 7.04. The van der Waals surface area contributed by atoms with E-state index >= 15 is 0 Å². The lowest BCUT2D eigenvalue weighted by molar-refractivity contribution is 0.184. The molecule has 0 fully saturated rings. The number of nitrogens with one attached hydrogen (secondary N) is 4. The van der Waals surface area contributed by atoms with Crippen LogP contribution in [0.15, 0.2) is 17.4 Å². The van der Waals surface area contributed by atoms with Gasteiger partial charge in [-0.1, -0.05) is 28.9 Å². The number of rotatable bonds is 3. The molecule has 0 rings (SSSR count). The van der Waals surface area contributed by atoms with Gasteiger partial charge in [-0.25, -0.2) is 4.79 Å². The Kier molecular flexibility index (Phi) is 41.2. The summed E-state index contributed by atoms with van der Waals surface area (Å²) in [5.74, 6) is 1.65. The Balaban J connectivity index is -0.0000000521. The standard InChI is InChI=1S/C6H14N2O.C4H11N3.C4H10N2.3CH4/c1-5-8(4)6(9)7(2)3;1-5-4(6-2)7-3;1-4(5-2)6-3;;;/h5H2,1-4H3;1-3H3,(H2,5,6,7);5-6H,1H2,2-3H3;3*1H4. The maximum atomic E-state index is 10.9. The van der Waals surface area contributed by atoms with Gasteiger partial charge in [0.15, 0.2) is 5.96 Å². The first-order valence-corrected chi connectivity index (χ1v) is 7.04. The maximum Gasteiger partial charge on any atom is 0.319 e. The Morgan fingerprint density at radius 1 is 0.920 bits per heavy atom. The van der Waals surface area contributed by atoms with Crippen LogP contribution in [0.3, 0.4) is 0 Å². The molecule has 8 heteroatoms. The number of aliphatic imine (C=N–C) groups is 1. The molecule has 8 nitrogen and oxygen atoms in total. The minimum absolute atomic E-state index is 0. The van der Waals surface area contributed by atoms with E-state index in [2.05, 4.69) is 32.8 Å². The number of amides is 2. The fraction of sp³-hybridized carbons (Fsp3) is 0.765. The van der Waals surface area contributed by atoms with Crippen molar-refractivity contribution < 1.29 is 4.79 Å². The van der Waals surface area contributed by atoms with E-state index in [4.69, 9.17) is 0 Å². The van der Waals surface area contributed by atoms with Crippen LogP contribution >= 0.6 is 0 Å². The molecule has 156 valence electrons. The molecule has 0 saturated carbocycles. The number of guanidine groups is 1. The molecule has 0 heterocycles. The molecular formula is C17H47N7O. The molecule has 0 spiro atoms. The molecule has 0 saturated heterocycles. The lowest BCUT2D eigenvalue weighted by Crippen LogP contribution is -2.35. The smallest absolute Gasteiger partial charge is 0.319 e. The fourth-order valence-electron chi connectivity index (χ4n) is 0.950. The molecule has 0 radical (unpaired) electrons. The summed E-state index contributed by atoms with van der Waals surface area (Å²) in [4.78, 5) is 18.0. The minimum Gasteiger partial charge on any atom is -0.375 e. The second-order valence-corrected chi connectivity index (χ2v) is 4.24. The third kappa shape index (κ3) is 27.0. The van der Waals surface area contributed by atoms with E-state index in [1.165, 1.54) is 0 Å². The third-order valence-corrected chi connectivity index (χ3v) is 2.48. The van der Waals surface area contributed by atoms with Crippen LogP contribution in [-0.4, -0.2) is 84.7 Å². The molecule has 0 bridgehead atoms. The summed E-state index contributed by atoms with van der Waals surface area (Å²) < 4.78 is 0. The van der Waals surface area contributed by atoms with Crippen LogP contribution in [-0.2, 0) is 0 Å². The molecule has 4 N–H and O–H groups in total. The van der Waals surface area contributed by atoms with E-state index in [1.807, 2.05) is 35.1 Å². The Bertz CT molecular complexity index is 306. The summed E-state index contributed by atoms with van der Waals surface area (Å²) in [7, 11) is 14.3. The number of hydrogen-bond acceptors (Lipinski definition) is 4. The van der Waals surface area contributed by atoms with Crippen molar-refractivity contribution in [2.75, 3.05) is 62.9 Å². The quantitative estimate of drug-likeness (QED) is 0.453. The first-order chi connectivity index (χ1) is 10.2. The van der Waals surface area contributed by atoms with Crippen LogP contribution in [0.1, 0.15) is 29.2 Å². The molecule has 25 heavy (non-hydrogen) atoms. The molecule has 0 aromatic rings. The van der Waals surface area contributed by atoms with Gasteiger partial charge >= 0.3 is 6.03 Å². The van der Waals surface area contributed by atoms with Crippen molar-refractivity contribution >= 4 is 12.0 Å².